The van der Waals surface area contributed by atoms with Gasteiger partial charge in [-0.2, -0.15) is 5.26 Å². The zero-order valence-electron chi connectivity index (χ0n) is 11.0. The van der Waals surface area contributed by atoms with E-state index < -0.39 is 17.3 Å². The number of nitrogen functional groups attached to an aromatic ring is 1. The number of nitrogens with two attached hydrogens (primary N) is 1. The van der Waals surface area contributed by atoms with Crippen molar-refractivity contribution in [3.05, 3.63) is 34.1 Å². The minimum absolute atomic E-state index is 0.0511. The highest BCUT2D eigenvalue weighted by molar-refractivity contribution is 5.75. The molecule has 0 saturated carbocycles. The lowest BCUT2D eigenvalue weighted by molar-refractivity contribution is -0.620. The van der Waals surface area contributed by atoms with E-state index in [2.05, 4.69) is 0 Å². The van der Waals surface area contributed by atoms with Crippen LogP contribution in [-0.4, -0.2) is 13.1 Å². The summed E-state index contributed by atoms with van der Waals surface area (Å²) < 4.78 is 14.7. The second-order valence-corrected chi connectivity index (χ2v) is 4.92. The molecule has 0 amide bonds. The second-order valence-electron chi connectivity index (χ2n) is 4.92. The maximum atomic E-state index is 14.2. The third-order valence-electron chi connectivity index (χ3n) is 3.70. The van der Waals surface area contributed by atoms with Crippen molar-refractivity contribution >= 4 is 22.5 Å². The van der Waals surface area contributed by atoms with Crippen molar-refractivity contribution in [3.63, 3.8) is 0 Å². The van der Waals surface area contributed by atoms with E-state index in [9.17, 15) is 14.8 Å². The molecule has 1 aliphatic rings. The standard InChI is InChI=1S/C13H12FN5O2/c14-8-5-10-11(6-9(8)17-3-1-2-4-17)19(21)13(16)12(7-15)18(10)20/h5-6H,1-4,16H2. The fourth-order valence-electron chi connectivity index (χ4n) is 2.62. The lowest BCUT2D eigenvalue weighted by Crippen LogP contribution is -2.44. The molecule has 7 nitrogen and oxygen atoms in total. The van der Waals surface area contributed by atoms with Gasteiger partial charge in [0.25, 0.3) is 5.52 Å². The average Bonchev–Trinajstić information content (AvgIpc) is 2.99. The monoisotopic (exact) mass is 289 g/mol. The minimum Gasteiger partial charge on any atom is -0.710 e. The molecule has 1 saturated heterocycles. The predicted molar refractivity (Wildman–Crippen MR) is 72.4 cm³/mol. The van der Waals surface area contributed by atoms with E-state index in [4.69, 9.17) is 11.0 Å². The first kappa shape index (κ1) is 13.2. The Balaban J connectivity index is 2.32. The third-order valence-corrected chi connectivity index (χ3v) is 3.70. The first-order valence-electron chi connectivity index (χ1n) is 6.47. The maximum Gasteiger partial charge on any atom is 0.385 e. The Bertz CT molecular complexity index is 781. The van der Waals surface area contributed by atoms with E-state index in [-0.39, 0.29) is 21.5 Å². The fourth-order valence-corrected chi connectivity index (χ4v) is 2.62. The third kappa shape index (κ3) is 1.86. The molecular formula is C13H12FN5O2. The van der Waals surface area contributed by atoms with Crippen LogP contribution in [0.1, 0.15) is 18.5 Å². The number of benzene rings is 1. The average molecular weight is 289 g/mol. The van der Waals surface area contributed by atoms with Gasteiger partial charge in [-0.3, -0.25) is 5.73 Å². The van der Waals surface area contributed by atoms with Crippen molar-refractivity contribution in [3.8, 4) is 6.07 Å². The molecule has 1 aromatic heterocycles. The Morgan fingerprint density at radius 3 is 2.43 bits per heavy atom. The molecule has 0 atom stereocenters. The highest BCUT2D eigenvalue weighted by Gasteiger charge is 2.27. The summed E-state index contributed by atoms with van der Waals surface area (Å²) >= 11 is 0. The van der Waals surface area contributed by atoms with Crippen molar-refractivity contribution in [2.45, 2.75) is 12.8 Å². The van der Waals surface area contributed by atoms with Crippen LogP contribution in [0, 0.1) is 27.6 Å². The number of anilines is 2. The zero-order valence-corrected chi connectivity index (χ0v) is 11.0. The molecule has 21 heavy (non-hydrogen) atoms. The molecule has 1 aliphatic heterocycles. The molecule has 8 heteroatoms. The number of fused-ring (bicyclic) bond motifs is 1. The van der Waals surface area contributed by atoms with Crippen LogP contribution in [0.15, 0.2) is 12.1 Å². The van der Waals surface area contributed by atoms with Gasteiger partial charge in [0.15, 0.2) is 11.9 Å². The lowest BCUT2D eigenvalue weighted by atomic mass is 10.2. The first-order chi connectivity index (χ1) is 10.0. The summed E-state index contributed by atoms with van der Waals surface area (Å²) in [7, 11) is 0. The van der Waals surface area contributed by atoms with Crippen LogP contribution in [0.4, 0.5) is 15.9 Å². The zero-order chi connectivity index (χ0) is 15.1. The molecule has 3 rings (SSSR count). The van der Waals surface area contributed by atoms with E-state index in [0.29, 0.717) is 17.8 Å². The number of aromatic nitrogens is 2. The number of nitriles is 1. The second kappa shape index (κ2) is 4.63. The minimum atomic E-state index is -0.595. The van der Waals surface area contributed by atoms with Gasteiger partial charge < -0.3 is 15.3 Å². The highest BCUT2D eigenvalue weighted by Crippen LogP contribution is 2.26. The number of hydrogen-bond acceptors (Lipinski definition) is 5. The Morgan fingerprint density at radius 2 is 1.81 bits per heavy atom. The van der Waals surface area contributed by atoms with Crippen LogP contribution in [0.2, 0.25) is 0 Å². The summed E-state index contributed by atoms with van der Waals surface area (Å²) in [6.45, 7) is 1.40. The molecule has 1 fully saturated rings. The summed E-state index contributed by atoms with van der Waals surface area (Å²) in [6.07, 6.45) is 1.90. The quantitative estimate of drug-likeness (QED) is 0.600. The molecule has 0 aliphatic carbocycles. The van der Waals surface area contributed by atoms with Crippen LogP contribution >= 0.6 is 0 Å². The largest absolute Gasteiger partial charge is 0.710 e. The Kier molecular flexibility index (Phi) is 2.90. The molecule has 1 aromatic carbocycles. The molecule has 0 bridgehead atoms. The van der Waals surface area contributed by atoms with E-state index in [0.717, 1.165) is 18.9 Å². The highest BCUT2D eigenvalue weighted by atomic mass is 19.1. The Hall–Kier alpha value is -2.82. The Morgan fingerprint density at radius 1 is 1.19 bits per heavy atom. The van der Waals surface area contributed by atoms with Crippen molar-refractivity contribution in [2.24, 2.45) is 0 Å². The summed E-state index contributed by atoms with van der Waals surface area (Å²) in [5.41, 5.74) is 4.97. The molecule has 0 unspecified atom stereocenters. The van der Waals surface area contributed by atoms with Gasteiger partial charge in [-0.1, -0.05) is 0 Å². The summed E-state index contributed by atoms with van der Waals surface area (Å²) in [4.78, 5) is 1.82. The van der Waals surface area contributed by atoms with Gasteiger partial charge in [0, 0.05) is 19.2 Å². The molecule has 0 radical (unpaired) electrons. The molecule has 108 valence electrons. The van der Waals surface area contributed by atoms with E-state index in [1.165, 1.54) is 6.07 Å². The van der Waals surface area contributed by atoms with E-state index >= 15 is 0 Å². The number of hydrogen-bond donors (Lipinski definition) is 1. The summed E-state index contributed by atoms with van der Waals surface area (Å²) in [6, 6.07) is 3.85. The van der Waals surface area contributed by atoms with Crippen molar-refractivity contribution in [2.75, 3.05) is 23.7 Å². The maximum absolute atomic E-state index is 14.2. The molecule has 2 aromatic rings. The van der Waals surface area contributed by atoms with Crippen LogP contribution in [-0.2, 0) is 0 Å². The molecule has 0 spiro atoms. The van der Waals surface area contributed by atoms with Crippen molar-refractivity contribution in [1.29, 1.82) is 5.26 Å². The van der Waals surface area contributed by atoms with Gasteiger partial charge >= 0.3 is 11.5 Å². The fraction of sp³-hybridized carbons (Fsp3) is 0.308. The number of rotatable bonds is 1. The van der Waals surface area contributed by atoms with Gasteiger partial charge in [0.1, 0.15) is 0 Å². The smallest absolute Gasteiger partial charge is 0.385 e. The van der Waals surface area contributed by atoms with Crippen LogP contribution in [0.3, 0.4) is 0 Å². The lowest BCUT2D eigenvalue weighted by Gasteiger charge is -2.19. The molecule has 2 heterocycles. The van der Waals surface area contributed by atoms with Gasteiger partial charge in [-0.05, 0) is 12.8 Å². The molecule has 2 N–H and O–H groups in total. The van der Waals surface area contributed by atoms with Crippen LogP contribution < -0.4 is 20.1 Å². The SMILES string of the molecule is N#Cc1c(N)[n+]([O-])c2cc(N3CCCC3)c(F)cc2[n+]1[O-]. The topological polar surface area (TPSA) is 107 Å². The normalized spacial score (nSPS) is 14.6. The van der Waals surface area contributed by atoms with Gasteiger partial charge in [-0.25, -0.2) is 9.12 Å². The summed E-state index contributed by atoms with van der Waals surface area (Å²) in [5, 5.41) is 33.0. The van der Waals surface area contributed by atoms with Gasteiger partial charge in [-0.15, -0.1) is 4.73 Å². The first-order valence-corrected chi connectivity index (χ1v) is 6.47. The molecular weight excluding hydrogens is 277 g/mol. The van der Waals surface area contributed by atoms with Crippen molar-refractivity contribution in [1.82, 2.24) is 0 Å². The van der Waals surface area contributed by atoms with E-state index in [1.54, 1.807) is 6.07 Å². The Labute approximate surface area is 119 Å². The van der Waals surface area contributed by atoms with Crippen molar-refractivity contribution < 1.29 is 13.9 Å². The van der Waals surface area contributed by atoms with E-state index in [1.807, 2.05) is 4.90 Å². The van der Waals surface area contributed by atoms with Gasteiger partial charge in [0.2, 0.25) is 5.52 Å². The number of nitrogens with zero attached hydrogens (tertiary/aromatic N) is 4. The predicted octanol–water partition coefficient (Wildman–Crippen LogP) is 0.300. The number of halogens is 1. The summed E-state index contributed by atoms with van der Waals surface area (Å²) in [5.74, 6) is -1.08. The van der Waals surface area contributed by atoms with Crippen LogP contribution in [0.5, 0.6) is 0 Å². The van der Waals surface area contributed by atoms with Gasteiger partial charge in [0.05, 0.1) is 11.8 Å². The van der Waals surface area contributed by atoms with Crippen LogP contribution in [0.25, 0.3) is 11.0 Å².